The van der Waals surface area contributed by atoms with Gasteiger partial charge in [-0.2, -0.15) is 10.0 Å². The summed E-state index contributed by atoms with van der Waals surface area (Å²) in [6.45, 7) is 1.82. The van der Waals surface area contributed by atoms with Gasteiger partial charge in [0.05, 0.1) is 11.3 Å². The third-order valence-corrected chi connectivity index (χ3v) is 8.08. The lowest BCUT2D eigenvalue weighted by molar-refractivity contribution is -0.114. The van der Waals surface area contributed by atoms with Crippen molar-refractivity contribution >= 4 is 60.6 Å². The molecule has 1 amide bonds. The third kappa shape index (κ3) is 4.47. The molecule has 2 aliphatic rings. The van der Waals surface area contributed by atoms with Gasteiger partial charge in [-0.05, 0) is 41.6 Å². The Morgan fingerprint density at radius 1 is 1.19 bits per heavy atom. The van der Waals surface area contributed by atoms with Crippen LogP contribution in [-0.2, 0) is 21.2 Å². The number of amides is 1. The summed E-state index contributed by atoms with van der Waals surface area (Å²) in [4.78, 5) is 16.4. The number of ether oxygens (including phenoxy) is 1. The second-order valence-corrected chi connectivity index (χ2v) is 10.6. The van der Waals surface area contributed by atoms with Crippen LogP contribution in [0.2, 0.25) is 5.02 Å². The number of fused-ring (bicyclic) bond motifs is 1. The number of carbonyl (C=O) groups is 1. The molecular formula is C21H17ClN4O4S2. The van der Waals surface area contributed by atoms with E-state index in [9.17, 15) is 13.2 Å². The molecule has 0 saturated carbocycles. The maximum Gasteiger partial charge on any atom is 0.283 e. The normalized spacial score (nSPS) is 17.3. The van der Waals surface area contributed by atoms with Crippen LogP contribution in [0.5, 0.6) is 5.75 Å². The fourth-order valence-corrected chi connectivity index (χ4v) is 5.18. The summed E-state index contributed by atoms with van der Waals surface area (Å²) in [5, 5.41) is 14.1. The van der Waals surface area contributed by atoms with Crippen molar-refractivity contribution in [1.29, 1.82) is 5.41 Å². The van der Waals surface area contributed by atoms with Gasteiger partial charge >= 0.3 is 0 Å². The monoisotopic (exact) mass is 488 g/mol. The topological polar surface area (TPSA) is 112 Å². The Balaban J connectivity index is 1.51. The van der Waals surface area contributed by atoms with Gasteiger partial charge in [0.2, 0.25) is 19.4 Å². The van der Waals surface area contributed by atoms with Crippen LogP contribution in [0, 0.1) is 5.41 Å². The van der Waals surface area contributed by atoms with Gasteiger partial charge < -0.3 is 4.74 Å². The fraction of sp³-hybridized carbons (Fsp3) is 0.143. The quantitative estimate of drug-likeness (QED) is 0.638. The van der Waals surface area contributed by atoms with E-state index in [1.807, 2.05) is 18.2 Å². The van der Waals surface area contributed by atoms with E-state index in [-0.39, 0.29) is 26.7 Å². The number of benzene rings is 2. The first-order valence-electron chi connectivity index (χ1n) is 9.48. The van der Waals surface area contributed by atoms with Crippen LogP contribution >= 0.6 is 23.4 Å². The van der Waals surface area contributed by atoms with Crippen molar-refractivity contribution in [3.63, 3.8) is 0 Å². The highest BCUT2D eigenvalue weighted by atomic mass is 35.5. The largest absolute Gasteiger partial charge is 0.489 e. The molecule has 2 heterocycles. The van der Waals surface area contributed by atoms with Crippen LogP contribution in [-0.4, -0.2) is 40.5 Å². The molecule has 0 bridgehead atoms. The lowest BCUT2D eigenvalue weighted by Crippen LogP contribution is -2.35. The minimum absolute atomic E-state index is 0.0120. The molecule has 2 aliphatic heterocycles. The smallest absolute Gasteiger partial charge is 0.283 e. The van der Waals surface area contributed by atoms with Crippen LogP contribution in [0.1, 0.15) is 18.1 Å². The highest BCUT2D eigenvalue weighted by molar-refractivity contribution is 8.42. The molecule has 0 unspecified atom stereocenters. The van der Waals surface area contributed by atoms with Crippen LogP contribution in [0.3, 0.4) is 0 Å². The Morgan fingerprint density at radius 3 is 2.59 bits per heavy atom. The molecule has 0 aromatic heterocycles. The Labute approximate surface area is 194 Å². The number of nitrogens with one attached hydrogen (secondary N) is 1. The van der Waals surface area contributed by atoms with E-state index in [1.165, 1.54) is 13.0 Å². The molecule has 0 saturated heterocycles. The summed E-state index contributed by atoms with van der Waals surface area (Å²) in [5.41, 5.74) is 1.53. The van der Waals surface area contributed by atoms with Crippen molar-refractivity contribution in [3.8, 4) is 5.75 Å². The summed E-state index contributed by atoms with van der Waals surface area (Å²) in [5.74, 6) is -0.368. The standard InChI is InChI=1S/C21H17ClN4O4S2/c1-2-32(28,29)21-25-26-18(23)16(19(27)24-20(26)31-21)11-13-7-9-15(10-8-13)30-12-14-5-3-4-6-17(14)22/h3-11,23H,2,12H2,1H3/b16-11-,23-18?. The molecule has 1 N–H and O–H groups in total. The highest BCUT2D eigenvalue weighted by Crippen LogP contribution is 2.30. The van der Waals surface area contributed by atoms with Crippen molar-refractivity contribution in [2.24, 2.45) is 10.1 Å². The number of sulfone groups is 1. The summed E-state index contributed by atoms with van der Waals surface area (Å²) in [6, 6.07) is 14.4. The molecule has 164 valence electrons. The molecule has 0 atom stereocenters. The number of hydrogen-bond acceptors (Lipinski definition) is 7. The van der Waals surface area contributed by atoms with Gasteiger partial charge in [0.1, 0.15) is 12.4 Å². The van der Waals surface area contributed by atoms with Gasteiger partial charge in [0.25, 0.3) is 5.91 Å². The average Bonchev–Trinajstić information content (AvgIpc) is 3.22. The number of thioether (sulfide) groups is 1. The molecule has 0 radical (unpaired) electrons. The van der Waals surface area contributed by atoms with E-state index in [2.05, 4.69) is 10.1 Å². The molecule has 0 aliphatic carbocycles. The van der Waals surface area contributed by atoms with Gasteiger partial charge in [-0.15, -0.1) is 5.10 Å². The Hall–Kier alpha value is -2.95. The van der Waals surface area contributed by atoms with Crippen LogP contribution in [0.4, 0.5) is 0 Å². The van der Waals surface area contributed by atoms with Crippen molar-refractivity contribution < 1.29 is 17.9 Å². The van der Waals surface area contributed by atoms with E-state index >= 15 is 0 Å². The van der Waals surface area contributed by atoms with Crippen molar-refractivity contribution in [3.05, 3.63) is 70.3 Å². The molecule has 2 aromatic carbocycles. The third-order valence-electron chi connectivity index (χ3n) is 4.63. The predicted octanol–water partition coefficient (Wildman–Crippen LogP) is 3.93. The van der Waals surface area contributed by atoms with Crippen LogP contribution < -0.4 is 4.74 Å². The second kappa shape index (κ2) is 8.89. The molecule has 8 nitrogen and oxygen atoms in total. The van der Waals surface area contributed by atoms with Gasteiger partial charge in [-0.1, -0.05) is 48.9 Å². The zero-order chi connectivity index (χ0) is 22.9. The maximum atomic E-state index is 12.5. The number of nitrogens with zero attached hydrogens (tertiary/aromatic N) is 3. The Morgan fingerprint density at radius 2 is 1.91 bits per heavy atom. The average molecular weight is 489 g/mol. The maximum absolute atomic E-state index is 12.5. The summed E-state index contributed by atoms with van der Waals surface area (Å²) >= 11 is 6.91. The van der Waals surface area contributed by atoms with Gasteiger partial charge in [-0.3, -0.25) is 10.2 Å². The number of halogens is 1. The Kier molecular flexibility index (Phi) is 6.18. The predicted molar refractivity (Wildman–Crippen MR) is 127 cm³/mol. The SMILES string of the molecule is CCS(=O)(=O)C1=NN2C(=N)/C(=C/c3ccc(OCc4ccccc4Cl)cc3)C(=O)N=C2S1. The zero-order valence-electron chi connectivity index (χ0n) is 16.8. The van der Waals surface area contributed by atoms with E-state index in [0.717, 1.165) is 22.3 Å². The molecule has 2 aromatic rings. The van der Waals surface area contributed by atoms with Crippen molar-refractivity contribution in [1.82, 2.24) is 5.01 Å². The first kappa shape index (κ1) is 22.3. The fourth-order valence-electron chi connectivity index (χ4n) is 2.83. The minimum Gasteiger partial charge on any atom is -0.489 e. The lowest BCUT2D eigenvalue weighted by atomic mass is 10.1. The number of hydrazone groups is 1. The van der Waals surface area contributed by atoms with E-state index in [1.54, 1.807) is 30.3 Å². The van der Waals surface area contributed by atoms with E-state index < -0.39 is 15.7 Å². The van der Waals surface area contributed by atoms with Crippen molar-refractivity contribution in [2.45, 2.75) is 13.5 Å². The first-order valence-corrected chi connectivity index (χ1v) is 12.3. The van der Waals surface area contributed by atoms with E-state index in [4.69, 9.17) is 21.7 Å². The lowest BCUT2D eigenvalue weighted by Gasteiger charge is -2.20. The summed E-state index contributed by atoms with van der Waals surface area (Å²) in [7, 11) is -3.57. The zero-order valence-corrected chi connectivity index (χ0v) is 19.2. The number of aliphatic imine (C=N–C) groups is 1. The summed E-state index contributed by atoms with van der Waals surface area (Å²) < 4.78 is 29.7. The second-order valence-electron chi connectivity index (χ2n) is 6.74. The summed E-state index contributed by atoms with van der Waals surface area (Å²) in [6.07, 6.45) is 1.51. The molecule has 4 rings (SSSR count). The van der Waals surface area contributed by atoms with Crippen LogP contribution in [0.25, 0.3) is 6.08 Å². The van der Waals surface area contributed by atoms with Gasteiger partial charge in [0, 0.05) is 10.6 Å². The molecule has 0 fully saturated rings. The minimum atomic E-state index is -3.57. The van der Waals surface area contributed by atoms with Gasteiger partial charge in [0.15, 0.2) is 5.84 Å². The molecule has 0 spiro atoms. The van der Waals surface area contributed by atoms with Crippen molar-refractivity contribution in [2.75, 3.05) is 5.75 Å². The number of hydrogen-bond donors (Lipinski definition) is 1. The molecule has 32 heavy (non-hydrogen) atoms. The van der Waals surface area contributed by atoms with Gasteiger partial charge in [-0.25, -0.2) is 8.42 Å². The van der Waals surface area contributed by atoms with Crippen LogP contribution in [0.15, 0.2) is 64.2 Å². The molecule has 11 heteroatoms. The number of amidine groups is 2. The van der Waals surface area contributed by atoms with E-state index in [0.29, 0.717) is 22.9 Å². The Bertz CT molecular complexity index is 1300. The number of rotatable bonds is 5. The number of carbonyl (C=O) groups excluding carboxylic acids is 1. The first-order chi connectivity index (χ1) is 15.3. The molecular weight excluding hydrogens is 472 g/mol. The highest BCUT2D eigenvalue weighted by Gasteiger charge is 2.39.